The molecule has 0 saturated carbocycles. The Labute approximate surface area is 159 Å². The van der Waals surface area contributed by atoms with Crippen LogP contribution in [-0.4, -0.2) is 31.8 Å². The molecule has 2 amide bonds. The van der Waals surface area contributed by atoms with Crippen molar-refractivity contribution in [3.8, 4) is 11.4 Å². The highest BCUT2D eigenvalue weighted by molar-refractivity contribution is 9.10. The summed E-state index contributed by atoms with van der Waals surface area (Å²) in [6, 6.07) is 10.8. The summed E-state index contributed by atoms with van der Waals surface area (Å²) in [7, 11) is 0. The van der Waals surface area contributed by atoms with Crippen LogP contribution in [0.15, 0.2) is 51.5 Å². The molecule has 0 fully saturated rings. The SMILES string of the molecule is O=C1c2ccc([N+](=O)[O-])cc2C(=O)N1Cc1nc(-c2cccc(Br)c2)no1. The van der Waals surface area contributed by atoms with Gasteiger partial charge >= 0.3 is 0 Å². The largest absolute Gasteiger partial charge is 0.337 e. The van der Waals surface area contributed by atoms with Crippen molar-refractivity contribution in [2.45, 2.75) is 6.54 Å². The average Bonchev–Trinajstić information content (AvgIpc) is 3.21. The molecule has 3 aromatic rings. The van der Waals surface area contributed by atoms with Crippen molar-refractivity contribution in [2.75, 3.05) is 0 Å². The standard InChI is InChI=1S/C17H9BrN4O5/c18-10-3-1-2-9(6-10)15-19-14(27-20-15)8-21-16(23)12-5-4-11(22(25)26)7-13(12)17(21)24/h1-7H,8H2. The number of fused-ring (bicyclic) bond motifs is 1. The third kappa shape index (κ3) is 2.99. The minimum absolute atomic E-state index is 0.0130. The molecule has 10 heteroatoms. The number of carbonyl (C=O) groups excluding carboxylic acids is 2. The smallest absolute Gasteiger partial charge is 0.270 e. The van der Waals surface area contributed by atoms with E-state index >= 15 is 0 Å². The van der Waals surface area contributed by atoms with Crippen LogP contribution in [0.3, 0.4) is 0 Å². The van der Waals surface area contributed by atoms with E-state index in [9.17, 15) is 19.7 Å². The van der Waals surface area contributed by atoms with Crippen LogP contribution in [0, 0.1) is 10.1 Å². The van der Waals surface area contributed by atoms with Crippen LogP contribution in [0.4, 0.5) is 5.69 Å². The first kappa shape index (κ1) is 17.0. The van der Waals surface area contributed by atoms with Gasteiger partial charge in [0.15, 0.2) is 0 Å². The second kappa shape index (κ2) is 6.40. The van der Waals surface area contributed by atoms with Crippen LogP contribution in [0.5, 0.6) is 0 Å². The summed E-state index contributed by atoms with van der Waals surface area (Å²) in [5.41, 5.74) is 0.544. The lowest BCUT2D eigenvalue weighted by atomic mass is 10.1. The quantitative estimate of drug-likeness (QED) is 0.355. The van der Waals surface area contributed by atoms with Crippen LogP contribution in [0.2, 0.25) is 0 Å². The molecule has 0 saturated heterocycles. The fourth-order valence-electron chi connectivity index (χ4n) is 2.74. The molecule has 0 unspecified atom stereocenters. The lowest BCUT2D eigenvalue weighted by Gasteiger charge is -2.09. The molecular weight excluding hydrogens is 420 g/mol. The molecule has 4 rings (SSSR count). The van der Waals surface area contributed by atoms with Gasteiger partial charge in [-0.15, -0.1) is 0 Å². The number of rotatable bonds is 4. The first-order valence-corrected chi connectivity index (χ1v) is 8.46. The number of halogens is 1. The van der Waals surface area contributed by atoms with Crippen LogP contribution in [-0.2, 0) is 6.54 Å². The van der Waals surface area contributed by atoms with Gasteiger partial charge in [0.1, 0.15) is 6.54 Å². The maximum atomic E-state index is 12.5. The molecule has 2 heterocycles. The number of hydrogen-bond donors (Lipinski definition) is 0. The Kier molecular flexibility index (Phi) is 4.04. The molecule has 1 aromatic heterocycles. The van der Waals surface area contributed by atoms with E-state index < -0.39 is 16.7 Å². The van der Waals surface area contributed by atoms with Gasteiger partial charge in [-0.05, 0) is 18.2 Å². The number of nitro groups is 1. The van der Waals surface area contributed by atoms with Gasteiger partial charge in [-0.2, -0.15) is 4.98 Å². The Morgan fingerprint density at radius 3 is 2.63 bits per heavy atom. The monoisotopic (exact) mass is 428 g/mol. The second-order valence-electron chi connectivity index (χ2n) is 5.71. The first-order chi connectivity index (χ1) is 12.9. The van der Waals surface area contributed by atoms with Crippen molar-refractivity contribution < 1.29 is 19.0 Å². The zero-order chi connectivity index (χ0) is 19.1. The molecule has 0 bridgehead atoms. The number of hydrogen-bond acceptors (Lipinski definition) is 7. The highest BCUT2D eigenvalue weighted by atomic mass is 79.9. The molecule has 134 valence electrons. The van der Waals surface area contributed by atoms with Gasteiger partial charge in [-0.1, -0.05) is 33.2 Å². The maximum Gasteiger partial charge on any atom is 0.270 e. The summed E-state index contributed by atoms with van der Waals surface area (Å²) in [5.74, 6) is -0.805. The molecule has 0 radical (unpaired) electrons. The summed E-state index contributed by atoms with van der Waals surface area (Å²) in [5, 5.41) is 14.7. The lowest BCUT2D eigenvalue weighted by Crippen LogP contribution is -2.29. The summed E-state index contributed by atoms with van der Waals surface area (Å²) < 4.78 is 5.99. The number of aromatic nitrogens is 2. The van der Waals surface area contributed by atoms with Crippen LogP contribution >= 0.6 is 15.9 Å². The second-order valence-corrected chi connectivity index (χ2v) is 6.62. The predicted octanol–water partition coefficient (Wildman–Crippen LogP) is 3.20. The van der Waals surface area contributed by atoms with Crippen LogP contribution < -0.4 is 0 Å². The molecule has 9 nitrogen and oxygen atoms in total. The Bertz CT molecular complexity index is 1110. The van der Waals surface area contributed by atoms with E-state index in [2.05, 4.69) is 26.1 Å². The first-order valence-electron chi connectivity index (χ1n) is 7.67. The molecule has 0 N–H and O–H groups in total. The minimum atomic E-state index is -0.638. The van der Waals surface area contributed by atoms with Crippen molar-refractivity contribution in [2.24, 2.45) is 0 Å². The van der Waals surface area contributed by atoms with Gasteiger partial charge in [-0.3, -0.25) is 24.6 Å². The van der Waals surface area contributed by atoms with Crippen molar-refractivity contribution in [3.05, 3.63) is 74.1 Å². The van der Waals surface area contributed by atoms with Crippen molar-refractivity contribution >= 4 is 33.4 Å². The van der Waals surface area contributed by atoms with Gasteiger partial charge < -0.3 is 4.52 Å². The van der Waals surface area contributed by atoms with E-state index in [0.717, 1.165) is 15.4 Å². The van der Waals surface area contributed by atoms with Crippen molar-refractivity contribution in [3.63, 3.8) is 0 Å². The van der Waals surface area contributed by atoms with E-state index in [1.54, 1.807) is 12.1 Å². The number of carbonyl (C=O) groups is 2. The summed E-state index contributed by atoms with van der Waals surface area (Å²) >= 11 is 3.35. The molecule has 27 heavy (non-hydrogen) atoms. The Morgan fingerprint density at radius 2 is 1.89 bits per heavy atom. The topological polar surface area (TPSA) is 119 Å². The lowest BCUT2D eigenvalue weighted by molar-refractivity contribution is -0.384. The number of non-ortho nitro benzene ring substituents is 1. The molecular formula is C17H9BrN4O5. The van der Waals surface area contributed by atoms with E-state index in [0.29, 0.717) is 11.4 Å². The summed E-state index contributed by atoms with van der Waals surface area (Å²) in [4.78, 5) is 40.3. The zero-order valence-electron chi connectivity index (χ0n) is 13.5. The Hall–Kier alpha value is -3.40. The number of benzene rings is 2. The van der Waals surface area contributed by atoms with Gasteiger partial charge in [-0.25, -0.2) is 0 Å². The number of nitrogens with zero attached hydrogens (tertiary/aromatic N) is 4. The summed E-state index contributed by atoms with van der Waals surface area (Å²) in [6.45, 7) is -0.221. The summed E-state index contributed by atoms with van der Waals surface area (Å²) in [6.07, 6.45) is 0. The normalized spacial score (nSPS) is 13.1. The molecule has 0 spiro atoms. The number of amides is 2. The highest BCUT2D eigenvalue weighted by Crippen LogP contribution is 2.28. The van der Waals surface area contributed by atoms with E-state index in [1.165, 1.54) is 12.1 Å². The number of nitro benzene ring substituents is 1. The van der Waals surface area contributed by atoms with Gasteiger partial charge in [0, 0.05) is 22.2 Å². The van der Waals surface area contributed by atoms with Crippen LogP contribution in [0.25, 0.3) is 11.4 Å². The Morgan fingerprint density at radius 1 is 1.11 bits per heavy atom. The van der Waals surface area contributed by atoms with E-state index in [-0.39, 0.29) is 29.2 Å². The van der Waals surface area contributed by atoms with Gasteiger partial charge in [0.25, 0.3) is 17.5 Å². The molecule has 1 aliphatic heterocycles. The van der Waals surface area contributed by atoms with Crippen molar-refractivity contribution in [1.29, 1.82) is 0 Å². The average molecular weight is 429 g/mol. The van der Waals surface area contributed by atoms with Crippen LogP contribution in [0.1, 0.15) is 26.6 Å². The third-order valence-corrected chi connectivity index (χ3v) is 4.50. The minimum Gasteiger partial charge on any atom is -0.337 e. The van der Waals surface area contributed by atoms with Gasteiger partial charge in [0.2, 0.25) is 11.7 Å². The van der Waals surface area contributed by atoms with Gasteiger partial charge in [0.05, 0.1) is 16.1 Å². The fourth-order valence-corrected chi connectivity index (χ4v) is 3.13. The predicted molar refractivity (Wildman–Crippen MR) is 94.7 cm³/mol. The molecule has 1 aliphatic rings. The number of imide groups is 1. The molecule has 0 aliphatic carbocycles. The van der Waals surface area contributed by atoms with E-state index in [1.807, 2.05) is 12.1 Å². The maximum absolute atomic E-state index is 12.5. The molecule has 2 aromatic carbocycles. The van der Waals surface area contributed by atoms with Crippen molar-refractivity contribution in [1.82, 2.24) is 15.0 Å². The third-order valence-electron chi connectivity index (χ3n) is 4.01. The highest BCUT2D eigenvalue weighted by Gasteiger charge is 2.37. The molecule has 0 atom stereocenters. The van der Waals surface area contributed by atoms with E-state index in [4.69, 9.17) is 4.52 Å². The zero-order valence-corrected chi connectivity index (χ0v) is 15.0. The fraction of sp³-hybridized carbons (Fsp3) is 0.0588. The Balaban J connectivity index is 1.60.